The Bertz CT molecular complexity index is 808. The number of anilines is 2. The van der Waals surface area contributed by atoms with Crippen LogP contribution in [0.3, 0.4) is 0 Å². The maximum atomic E-state index is 11.9. The first-order valence-electron chi connectivity index (χ1n) is 6.82. The van der Waals surface area contributed by atoms with Gasteiger partial charge in [-0.15, -0.1) is 16.1 Å². The second kappa shape index (κ2) is 9.00. The van der Waals surface area contributed by atoms with Crippen LogP contribution in [0.25, 0.3) is 0 Å². The summed E-state index contributed by atoms with van der Waals surface area (Å²) in [4.78, 5) is 20.2. The Kier molecular flexibility index (Phi) is 7.00. The number of rotatable bonds is 5. The summed E-state index contributed by atoms with van der Waals surface area (Å²) in [7, 11) is -2.18. The van der Waals surface area contributed by atoms with E-state index in [-0.39, 0.29) is 6.61 Å². The van der Waals surface area contributed by atoms with E-state index in [0.717, 1.165) is 15.2 Å². The predicted octanol–water partition coefficient (Wildman–Crippen LogP) is 3.88. The SMILES string of the molecule is CCOC(=O)/N=[SH](=O)/c1ccc(Nc2ncc(Br)c(SC)n2)cc1. The first kappa shape index (κ1) is 18.7. The van der Waals surface area contributed by atoms with Gasteiger partial charge in [-0.1, -0.05) is 0 Å². The van der Waals surface area contributed by atoms with Gasteiger partial charge >= 0.3 is 6.09 Å². The van der Waals surface area contributed by atoms with E-state index in [1.807, 2.05) is 6.26 Å². The summed E-state index contributed by atoms with van der Waals surface area (Å²) in [5.41, 5.74) is 0.729. The van der Waals surface area contributed by atoms with Crippen LogP contribution in [-0.2, 0) is 15.3 Å². The summed E-state index contributed by atoms with van der Waals surface area (Å²) in [6.07, 6.45) is 2.77. The van der Waals surface area contributed by atoms with Crippen LogP contribution in [0.5, 0.6) is 0 Å². The van der Waals surface area contributed by atoms with Gasteiger partial charge in [0.05, 0.1) is 21.7 Å². The molecular weight excluding hydrogens is 416 g/mol. The summed E-state index contributed by atoms with van der Waals surface area (Å²) in [6, 6.07) is 6.68. The Morgan fingerprint density at radius 3 is 2.75 bits per heavy atom. The van der Waals surface area contributed by atoms with Crippen LogP contribution in [-0.4, -0.2) is 33.1 Å². The number of hydrogen-bond donors (Lipinski definition) is 2. The second-order valence-corrected chi connectivity index (χ2v) is 7.21. The Hall–Kier alpha value is -1.65. The lowest BCUT2D eigenvalue weighted by Crippen LogP contribution is -1.99. The number of thiol groups is 1. The molecule has 1 N–H and O–H groups in total. The number of amides is 1. The van der Waals surface area contributed by atoms with E-state index in [2.05, 4.69) is 40.3 Å². The molecule has 0 aliphatic carbocycles. The van der Waals surface area contributed by atoms with Gasteiger partial charge in [0.15, 0.2) is 0 Å². The van der Waals surface area contributed by atoms with Crippen molar-refractivity contribution in [2.45, 2.75) is 16.8 Å². The van der Waals surface area contributed by atoms with Gasteiger partial charge < -0.3 is 10.1 Å². The van der Waals surface area contributed by atoms with E-state index in [0.29, 0.717) is 10.8 Å². The van der Waals surface area contributed by atoms with Crippen LogP contribution in [0.4, 0.5) is 16.4 Å². The predicted molar refractivity (Wildman–Crippen MR) is 98.5 cm³/mol. The molecule has 2 aromatic rings. The molecule has 0 fully saturated rings. The third-order valence-electron chi connectivity index (χ3n) is 2.69. The molecule has 1 atom stereocenters. The molecule has 0 aliphatic rings. The fourth-order valence-corrected chi connectivity index (χ4v) is 3.47. The van der Waals surface area contributed by atoms with Gasteiger partial charge in [-0.3, -0.25) is 0 Å². The fraction of sp³-hybridized carbons (Fsp3) is 0.214. The Balaban J connectivity index is 2.12. The molecule has 10 heteroatoms. The standard InChI is InChI=1S/C14H15BrN4O3S2/c1-3-22-14(20)19-24(21)10-6-4-9(5-7-10)17-13-16-8-11(15)12(18-13)23-2/h4-8,24H,3H2,1-2H3,(H,16,17,18). The maximum Gasteiger partial charge on any atom is 0.441 e. The van der Waals surface area contributed by atoms with Gasteiger partial charge in [0, 0.05) is 16.8 Å². The molecule has 0 bridgehead atoms. The summed E-state index contributed by atoms with van der Waals surface area (Å²) in [6.45, 7) is 1.85. The normalized spacial score (nSPS) is 12.0. The zero-order chi connectivity index (χ0) is 17.5. The highest BCUT2D eigenvalue weighted by molar-refractivity contribution is 9.10. The molecule has 0 saturated heterocycles. The number of thioether (sulfide) groups is 1. The number of ether oxygens (including phenoxy) is 1. The van der Waals surface area contributed by atoms with Crippen molar-refractivity contribution in [3.05, 3.63) is 34.9 Å². The van der Waals surface area contributed by atoms with Crippen molar-refractivity contribution in [2.75, 3.05) is 18.2 Å². The lowest BCUT2D eigenvalue weighted by atomic mass is 10.3. The van der Waals surface area contributed by atoms with Crippen LogP contribution in [0.2, 0.25) is 0 Å². The molecule has 0 radical (unpaired) electrons. The highest BCUT2D eigenvalue weighted by Crippen LogP contribution is 2.24. The Morgan fingerprint density at radius 1 is 1.42 bits per heavy atom. The molecule has 1 heterocycles. The van der Waals surface area contributed by atoms with Crippen LogP contribution in [0, 0.1) is 0 Å². The van der Waals surface area contributed by atoms with Crippen molar-refractivity contribution in [2.24, 2.45) is 4.36 Å². The number of nitrogens with one attached hydrogen (secondary N) is 1. The molecule has 128 valence electrons. The number of hydrogen-bond acceptors (Lipinski definition) is 7. The average Bonchev–Trinajstić information content (AvgIpc) is 2.57. The summed E-state index contributed by atoms with van der Waals surface area (Å²) >= 11 is 4.88. The first-order valence-corrected chi connectivity index (χ1v) is 10.1. The zero-order valence-electron chi connectivity index (χ0n) is 12.9. The first-order chi connectivity index (χ1) is 11.5. The van der Waals surface area contributed by atoms with Gasteiger partial charge in [-0.05, 0) is 53.4 Å². The van der Waals surface area contributed by atoms with Gasteiger partial charge in [0.25, 0.3) is 0 Å². The average molecular weight is 431 g/mol. The number of aromatic nitrogens is 2. The molecule has 1 amide bonds. The third-order valence-corrected chi connectivity index (χ3v) is 5.32. The van der Waals surface area contributed by atoms with E-state index in [9.17, 15) is 9.00 Å². The number of nitrogens with zero attached hydrogens (tertiary/aromatic N) is 3. The van der Waals surface area contributed by atoms with Crippen LogP contribution < -0.4 is 5.32 Å². The lowest BCUT2D eigenvalue weighted by Gasteiger charge is -2.07. The Morgan fingerprint density at radius 2 is 2.12 bits per heavy atom. The van der Waals surface area contributed by atoms with E-state index < -0.39 is 16.7 Å². The van der Waals surface area contributed by atoms with Crippen molar-refractivity contribution in [3.63, 3.8) is 0 Å². The molecule has 0 saturated carbocycles. The van der Waals surface area contributed by atoms with E-state index in [1.54, 1.807) is 37.4 Å². The molecule has 0 spiro atoms. The van der Waals surface area contributed by atoms with E-state index in [1.165, 1.54) is 11.8 Å². The molecule has 1 aromatic heterocycles. The molecular formula is C14H15BrN4O3S2. The summed E-state index contributed by atoms with van der Waals surface area (Å²) < 4.78 is 20.9. The van der Waals surface area contributed by atoms with Gasteiger partial charge in [-0.25, -0.2) is 19.0 Å². The van der Waals surface area contributed by atoms with Crippen molar-refractivity contribution in [3.8, 4) is 0 Å². The highest BCUT2D eigenvalue weighted by atomic mass is 79.9. The summed E-state index contributed by atoms with van der Waals surface area (Å²) in [5, 5.41) is 3.88. The maximum absolute atomic E-state index is 11.9. The fourth-order valence-electron chi connectivity index (χ4n) is 1.64. The van der Waals surface area contributed by atoms with E-state index >= 15 is 0 Å². The minimum atomic E-state index is -2.18. The zero-order valence-corrected chi connectivity index (χ0v) is 16.2. The number of benzene rings is 1. The monoisotopic (exact) mass is 430 g/mol. The molecule has 0 aliphatic heterocycles. The van der Waals surface area contributed by atoms with Gasteiger partial charge in [-0.2, -0.15) is 0 Å². The Labute approximate surface area is 154 Å². The van der Waals surface area contributed by atoms with Crippen LogP contribution >= 0.6 is 27.7 Å². The molecule has 24 heavy (non-hydrogen) atoms. The van der Waals surface area contributed by atoms with Crippen molar-refractivity contribution in [1.82, 2.24) is 9.97 Å². The molecule has 1 aromatic carbocycles. The lowest BCUT2D eigenvalue weighted by molar-refractivity contribution is 0.164. The number of carbonyl (C=O) groups is 1. The van der Waals surface area contributed by atoms with Crippen molar-refractivity contribution >= 4 is 56.0 Å². The number of halogens is 1. The summed E-state index contributed by atoms with van der Waals surface area (Å²) in [5.74, 6) is 0.455. The van der Waals surface area contributed by atoms with E-state index in [4.69, 9.17) is 0 Å². The third kappa shape index (κ3) is 5.18. The quantitative estimate of drug-likeness (QED) is 0.422. The largest absolute Gasteiger partial charge is 0.448 e. The molecule has 7 nitrogen and oxygen atoms in total. The van der Waals surface area contributed by atoms with Crippen molar-refractivity contribution < 1.29 is 13.7 Å². The minimum Gasteiger partial charge on any atom is -0.448 e. The van der Waals surface area contributed by atoms with Crippen LogP contribution in [0.1, 0.15) is 6.92 Å². The smallest absolute Gasteiger partial charge is 0.441 e. The molecule has 2 rings (SSSR count). The highest BCUT2D eigenvalue weighted by Gasteiger charge is 2.05. The topological polar surface area (TPSA) is 93.5 Å². The van der Waals surface area contributed by atoms with Crippen LogP contribution in [0.15, 0.2) is 49.2 Å². The van der Waals surface area contributed by atoms with Crippen molar-refractivity contribution in [1.29, 1.82) is 0 Å². The second-order valence-electron chi connectivity index (χ2n) is 4.29. The number of carbonyl (C=O) groups excluding carboxylic acids is 1. The minimum absolute atomic E-state index is 0.194. The molecule has 1 unspecified atom stereocenters. The van der Waals surface area contributed by atoms with Gasteiger partial charge in [0.1, 0.15) is 5.03 Å². The van der Waals surface area contributed by atoms with Gasteiger partial charge in [0.2, 0.25) is 5.95 Å².